The zero-order valence-electron chi connectivity index (χ0n) is 15.1. The Morgan fingerprint density at radius 3 is 2.22 bits per heavy atom. The number of hydrogen-bond donors (Lipinski definition) is 1. The van der Waals surface area contributed by atoms with Gasteiger partial charge in [-0.2, -0.15) is 4.31 Å². The van der Waals surface area contributed by atoms with Crippen molar-refractivity contribution < 1.29 is 17.9 Å². The maximum Gasteiger partial charge on any atom is 0.260 e. The molecule has 2 aromatic rings. The fourth-order valence-corrected chi connectivity index (χ4v) is 4.36. The lowest BCUT2D eigenvalue weighted by atomic mass is 10.2. The molecule has 1 N–H and O–H groups in total. The summed E-state index contributed by atoms with van der Waals surface area (Å²) >= 11 is 0. The van der Waals surface area contributed by atoms with Gasteiger partial charge in [0.2, 0.25) is 10.0 Å². The van der Waals surface area contributed by atoms with E-state index >= 15 is 0 Å². The molecule has 1 aliphatic rings. The van der Waals surface area contributed by atoms with Gasteiger partial charge in [-0.05, 0) is 43.3 Å². The number of aromatic nitrogens is 1. The second kappa shape index (κ2) is 7.53. The van der Waals surface area contributed by atoms with Gasteiger partial charge in [0.25, 0.3) is 11.5 Å². The molecule has 0 bridgehead atoms. The minimum atomic E-state index is -3.64. The summed E-state index contributed by atoms with van der Waals surface area (Å²) in [5.41, 5.74) is 0.298. The van der Waals surface area contributed by atoms with E-state index in [0.717, 1.165) is 0 Å². The number of hydrogen-bond acceptors (Lipinski definition) is 5. The van der Waals surface area contributed by atoms with Gasteiger partial charge in [-0.3, -0.25) is 9.59 Å². The third-order valence-corrected chi connectivity index (χ3v) is 6.42. The van der Waals surface area contributed by atoms with Crippen LogP contribution in [0.4, 0.5) is 0 Å². The van der Waals surface area contributed by atoms with E-state index in [2.05, 4.69) is 4.98 Å². The number of H-pyrrole nitrogens is 1. The molecule has 9 heteroatoms. The lowest BCUT2D eigenvalue weighted by molar-refractivity contribution is 0.0696. The standard InChI is InChI=1S/C18H21N3O5S/c1-13-3-8-16(17(22)19-13)18(23)20-9-11-21(12-10-20)27(24,25)15-6-4-14(26-2)5-7-15/h3-8H,9-12H2,1-2H3,(H,19,22). The Kier molecular flexibility index (Phi) is 5.33. The molecule has 1 amide bonds. The first-order valence-electron chi connectivity index (χ1n) is 8.46. The molecule has 1 aliphatic heterocycles. The predicted octanol–water partition coefficient (Wildman–Crippen LogP) is 0.839. The van der Waals surface area contributed by atoms with Crippen molar-refractivity contribution in [3.8, 4) is 5.75 Å². The van der Waals surface area contributed by atoms with E-state index in [1.54, 1.807) is 25.1 Å². The Hall–Kier alpha value is -2.65. The highest BCUT2D eigenvalue weighted by molar-refractivity contribution is 7.89. The number of nitrogens with one attached hydrogen (secondary N) is 1. The second-order valence-electron chi connectivity index (χ2n) is 6.26. The summed E-state index contributed by atoms with van der Waals surface area (Å²) in [7, 11) is -2.13. The van der Waals surface area contributed by atoms with Crippen molar-refractivity contribution in [2.75, 3.05) is 33.3 Å². The third kappa shape index (κ3) is 3.88. The van der Waals surface area contributed by atoms with Crippen molar-refractivity contribution in [1.82, 2.24) is 14.2 Å². The minimum absolute atomic E-state index is 0.0621. The fourth-order valence-electron chi connectivity index (χ4n) is 2.94. The van der Waals surface area contributed by atoms with Gasteiger partial charge in [-0.1, -0.05) is 0 Å². The molecule has 144 valence electrons. The van der Waals surface area contributed by atoms with E-state index in [1.165, 1.54) is 34.5 Å². The number of sulfonamides is 1. The monoisotopic (exact) mass is 391 g/mol. The molecular weight excluding hydrogens is 370 g/mol. The summed E-state index contributed by atoms with van der Waals surface area (Å²) in [4.78, 5) is 28.8. The van der Waals surface area contributed by atoms with Crippen LogP contribution in [0.25, 0.3) is 0 Å². The van der Waals surface area contributed by atoms with Crippen LogP contribution in [-0.4, -0.2) is 61.8 Å². The Balaban J connectivity index is 1.70. The molecule has 0 saturated carbocycles. The molecule has 1 aromatic carbocycles. The average Bonchev–Trinajstić information content (AvgIpc) is 2.67. The van der Waals surface area contributed by atoms with Crippen molar-refractivity contribution in [2.24, 2.45) is 0 Å². The van der Waals surface area contributed by atoms with E-state index in [9.17, 15) is 18.0 Å². The lowest BCUT2D eigenvalue weighted by Crippen LogP contribution is -2.51. The molecule has 3 rings (SSSR count). The first-order valence-corrected chi connectivity index (χ1v) is 9.90. The number of piperazine rings is 1. The van der Waals surface area contributed by atoms with Crippen molar-refractivity contribution in [2.45, 2.75) is 11.8 Å². The lowest BCUT2D eigenvalue weighted by Gasteiger charge is -2.33. The quantitative estimate of drug-likeness (QED) is 0.833. The largest absolute Gasteiger partial charge is 0.497 e. The summed E-state index contributed by atoms with van der Waals surface area (Å²) in [6, 6.07) is 9.34. The first-order chi connectivity index (χ1) is 12.8. The zero-order valence-corrected chi connectivity index (χ0v) is 16.0. The van der Waals surface area contributed by atoms with Crippen LogP contribution in [0.1, 0.15) is 16.1 Å². The molecule has 2 heterocycles. The highest BCUT2D eigenvalue weighted by Gasteiger charge is 2.31. The second-order valence-corrected chi connectivity index (χ2v) is 8.19. The summed E-state index contributed by atoms with van der Waals surface area (Å²) in [6.45, 7) is 2.52. The maximum absolute atomic E-state index is 12.8. The maximum atomic E-state index is 12.8. The van der Waals surface area contributed by atoms with Crippen LogP contribution in [0.2, 0.25) is 0 Å². The van der Waals surface area contributed by atoms with Gasteiger partial charge in [0, 0.05) is 31.9 Å². The van der Waals surface area contributed by atoms with Gasteiger partial charge in [0.1, 0.15) is 11.3 Å². The number of carbonyl (C=O) groups is 1. The fraction of sp³-hybridized carbons (Fsp3) is 0.333. The van der Waals surface area contributed by atoms with Crippen molar-refractivity contribution in [3.63, 3.8) is 0 Å². The highest BCUT2D eigenvalue weighted by atomic mass is 32.2. The van der Waals surface area contributed by atoms with Crippen LogP contribution in [0, 0.1) is 6.92 Å². The SMILES string of the molecule is COc1ccc(S(=O)(=O)N2CCN(C(=O)c3ccc(C)[nH]c3=O)CC2)cc1. The number of ether oxygens (including phenoxy) is 1. The van der Waals surface area contributed by atoms with Gasteiger partial charge in [-0.15, -0.1) is 0 Å². The summed E-state index contributed by atoms with van der Waals surface area (Å²) < 4.78 is 31.9. The summed E-state index contributed by atoms with van der Waals surface area (Å²) in [5.74, 6) is 0.186. The van der Waals surface area contributed by atoms with Crippen LogP contribution < -0.4 is 10.3 Å². The highest BCUT2D eigenvalue weighted by Crippen LogP contribution is 2.21. The normalized spacial score (nSPS) is 15.6. The molecule has 0 atom stereocenters. The van der Waals surface area contributed by atoms with Gasteiger partial charge in [0.15, 0.2) is 0 Å². The molecule has 0 radical (unpaired) electrons. The molecule has 1 saturated heterocycles. The summed E-state index contributed by atoms with van der Waals surface area (Å²) in [6.07, 6.45) is 0. The zero-order chi connectivity index (χ0) is 19.6. The number of aromatic amines is 1. The van der Waals surface area contributed by atoms with E-state index < -0.39 is 21.5 Å². The Bertz CT molecular complexity index is 990. The number of pyridine rings is 1. The van der Waals surface area contributed by atoms with Crippen molar-refractivity contribution in [1.29, 1.82) is 0 Å². The van der Waals surface area contributed by atoms with Crippen LogP contribution in [-0.2, 0) is 10.0 Å². The van der Waals surface area contributed by atoms with Crippen molar-refractivity contribution in [3.05, 3.63) is 58.0 Å². The van der Waals surface area contributed by atoms with Gasteiger partial charge < -0.3 is 14.6 Å². The van der Waals surface area contributed by atoms with Crippen LogP contribution >= 0.6 is 0 Å². The average molecular weight is 391 g/mol. The number of benzene rings is 1. The van der Waals surface area contributed by atoms with E-state index in [4.69, 9.17) is 4.74 Å². The number of methoxy groups -OCH3 is 1. The van der Waals surface area contributed by atoms with Crippen molar-refractivity contribution >= 4 is 15.9 Å². The van der Waals surface area contributed by atoms with Gasteiger partial charge in [-0.25, -0.2) is 8.42 Å². The smallest absolute Gasteiger partial charge is 0.260 e. The molecular formula is C18H21N3O5S. The number of aryl methyl sites for hydroxylation is 1. The number of nitrogens with zero attached hydrogens (tertiary/aromatic N) is 2. The Morgan fingerprint density at radius 2 is 1.67 bits per heavy atom. The molecule has 8 nitrogen and oxygen atoms in total. The number of amides is 1. The number of rotatable bonds is 4. The van der Waals surface area contributed by atoms with E-state index in [0.29, 0.717) is 11.4 Å². The topological polar surface area (TPSA) is 99.8 Å². The first kappa shape index (κ1) is 19.1. The number of carbonyl (C=O) groups excluding carboxylic acids is 1. The Labute approximate surface area is 157 Å². The molecule has 27 heavy (non-hydrogen) atoms. The molecule has 1 aromatic heterocycles. The van der Waals surface area contributed by atoms with Crippen LogP contribution in [0.5, 0.6) is 5.75 Å². The van der Waals surface area contributed by atoms with Crippen LogP contribution in [0.15, 0.2) is 46.1 Å². The predicted molar refractivity (Wildman–Crippen MR) is 99.5 cm³/mol. The molecule has 0 spiro atoms. The molecule has 1 fully saturated rings. The Morgan fingerprint density at radius 1 is 1.04 bits per heavy atom. The van der Waals surface area contributed by atoms with E-state index in [-0.39, 0.29) is 36.6 Å². The molecule has 0 unspecified atom stereocenters. The van der Waals surface area contributed by atoms with Gasteiger partial charge >= 0.3 is 0 Å². The van der Waals surface area contributed by atoms with Crippen LogP contribution in [0.3, 0.4) is 0 Å². The van der Waals surface area contributed by atoms with E-state index in [1.807, 2.05) is 0 Å². The van der Waals surface area contributed by atoms with Gasteiger partial charge in [0.05, 0.1) is 12.0 Å². The molecule has 0 aliphatic carbocycles. The summed E-state index contributed by atoms with van der Waals surface area (Å²) in [5, 5.41) is 0. The minimum Gasteiger partial charge on any atom is -0.497 e. The third-order valence-electron chi connectivity index (χ3n) is 4.51.